The molecule has 0 radical (unpaired) electrons. The summed E-state index contributed by atoms with van der Waals surface area (Å²) in [5, 5.41) is 5.79. The van der Waals surface area contributed by atoms with Crippen molar-refractivity contribution < 1.29 is 14.3 Å². The minimum atomic E-state index is -0.371. The van der Waals surface area contributed by atoms with Crippen molar-refractivity contribution in [1.82, 2.24) is 5.32 Å². The Morgan fingerprint density at radius 3 is 2.44 bits per heavy atom. The molecule has 1 aliphatic carbocycles. The second-order valence-electron chi connectivity index (χ2n) is 6.21. The number of anilines is 1. The SMILES string of the molecule is COC(=O)c1ccc(CNC(=O)Nc2ccccc2C2CCC2)cc1. The highest BCUT2D eigenvalue weighted by molar-refractivity contribution is 5.90. The molecule has 0 spiro atoms. The van der Waals surface area contributed by atoms with Gasteiger partial charge in [-0.25, -0.2) is 9.59 Å². The fraction of sp³-hybridized carbons (Fsp3) is 0.300. The van der Waals surface area contributed by atoms with E-state index in [1.807, 2.05) is 18.2 Å². The lowest BCUT2D eigenvalue weighted by molar-refractivity contribution is 0.0600. The van der Waals surface area contributed by atoms with Gasteiger partial charge >= 0.3 is 12.0 Å². The average Bonchev–Trinajstić information content (AvgIpc) is 2.60. The topological polar surface area (TPSA) is 67.4 Å². The Labute approximate surface area is 147 Å². The molecule has 0 aliphatic heterocycles. The van der Waals surface area contributed by atoms with E-state index in [0.717, 1.165) is 11.3 Å². The van der Waals surface area contributed by atoms with Gasteiger partial charge in [0.2, 0.25) is 0 Å². The molecule has 3 rings (SSSR count). The number of ether oxygens (including phenoxy) is 1. The smallest absolute Gasteiger partial charge is 0.337 e. The highest BCUT2D eigenvalue weighted by atomic mass is 16.5. The molecule has 5 heteroatoms. The zero-order valence-corrected chi connectivity index (χ0v) is 14.2. The normalized spacial score (nSPS) is 13.6. The zero-order chi connectivity index (χ0) is 17.6. The standard InChI is InChI=1S/C20H22N2O3/c1-25-19(23)16-11-9-14(10-12-16)13-21-20(24)22-18-8-3-2-7-17(18)15-5-4-6-15/h2-3,7-12,15H,4-6,13H2,1H3,(H2,21,22,24). The van der Waals surface area contributed by atoms with Crippen LogP contribution in [0.4, 0.5) is 10.5 Å². The van der Waals surface area contributed by atoms with Gasteiger partial charge in [-0.15, -0.1) is 0 Å². The monoisotopic (exact) mass is 338 g/mol. The molecule has 1 fully saturated rings. The quantitative estimate of drug-likeness (QED) is 0.808. The zero-order valence-electron chi connectivity index (χ0n) is 14.2. The molecular weight excluding hydrogens is 316 g/mol. The van der Waals surface area contributed by atoms with E-state index in [2.05, 4.69) is 21.4 Å². The third-order valence-corrected chi connectivity index (χ3v) is 4.58. The van der Waals surface area contributed by atoms with Gasteiger partial charge in [-0.3, -0.25) is 0 Å². The second-order valence-corrected chi connectivity index (χ2v) is 6.21. The molecular formula is C20H22N2O3. The van der Waals surface area contributed by atoms with E-state index in [0.29, 0.717) is 18.0 Å². The highest BCUT2D eigenvalue weighted by Gasteiger charge is 2.22. The Bertz CT molecular complexity index is 752. The fourth-order valence-corrected chi connectivity index (χ4v) is 2.91. The second kappa shape index (κ2) is 7.83. The third-order valence-electron chi connectivity index (χ3n) is 4.58. The van der Waals surface area contributed by atoms with E-state index >= 15 is 0 Å². The van der Waals surface area contributed by atoms with Crippen molar-refractivity contribution in [2.24, 2.45) is 0 Å². The van der Waals surface area contributed by atoms with Gasteiger partial charge in [-0.05, 0) is 48.1 Å². The lowest BCUT2D eigenvalue weighted by Crippen LogP contribution is -2.29. The van der Waals surface area contributed by atoms with Gasteiger partial charge in [-0.2, -0.15) is 0 Å². The summed E-state index contributed by atoms with van der Waals surface area (Å²) in [7, 11) is 1.35. The van der Waals surface area contributed by atoms with Gasteiger partial charge in [0.15, 0.2) is 0 Å². The van der Waals surface area contributed by atoms with Crippen molar-refractivity contribution in [1.29, 1.82) is 0 Å². The molecule has 0 atom stereocenters. The summed E-state index contributed by atoms with van der Waals surface area (Å²) in [4.78, 5) is 23.6. The average molecular weight is 338 g/mol. The third kappa shape index (κ3) is 4.18. The predicted molar refractivity (Wildman–Crippen MR) is 96.7 cm³/mol. The van der Waals surface area contributed by atoms with Gasteiger partial charge < -0.3 is 15.4 Å². The predicted octanol–water partition coefficient (Wildman–Crippen LogP) is 4.06. The van der Waals surface area contributed by atoms with Crippen LogP contribution in [-0.4, -0.2) is 19.1 Å². The number of esters is 1. The summed E-state index contributed by atoms with van der Waals surface area (Å²) in [6.07, 6.45) is 3.63. The van der Waals surface area contributed by atoms with Crippen LogP contribution in [0.15, 0.2) is 48.5 Å². The summed E-state index contributed by atoms with van der Waals surface area (Å²) in [6, 6.07) is 14.7. The molecule has 2 amide bonds. The van der Waals surface area contributed by atoms with Crippen molar-refractivity contribution in [3.05, 3.63) is 65.2 Å². The minimum absolute atomic E-state index is 0.233. The molecule has 0 aromatic heterocycles. The van der Waals surface area contributed by atoms with Gasteiger partial charge in [0.25, 0.3) is 0 Å². The first-order valence-corrected chi connectivity index (χ1v) is 8.48. The van der Waals surface area contributed by atoms with Crippen molar-refractivity contribution in [3.63, 3.8) is 0 Å². The molecule has 0 bridgehead atoms. The van der Waals surface area contributed by atoms with Crippen LogP contribution in [0.25, 0.3) is 0 Å². The first kappa shape index (κ1) is 17.0. The molecule has 0 saturated heterocycles. The van der Waals surface area contributed by atoms with E-state index < -0.39 is 0 Å². The molecule has 25 heavy (non-hydrogen) atoms. The molecule has 2 N–H and O–H groups in total. The Kier molecular flexibility index (Phi) is 5.33. The number of hydrogen-bond acceptors (Lipinski definition) is 3. The lowest BCUT2D eigenvalue weighted by Gasteiger charge is -2.27. The van der Waals surface area contributed by atoms with Crippen molar-refractivity contribution in [2.75, 3.05) is 12.4 Å². The first-order valence-electron chi connectivity index (χ1n) is 8.48. The number of amides is 2. The van der Waals surface area contributed by atoms with Crippen LogP contribution in [0.3, 0.4) is 0 Å². The van der Waals surface area contributed by atoms with E-state index in [9.17, 15) is 9.59 Å². The Hall–Kier alpha value is -2.82. The van der Waals surface area contributed by atoms with Crippen LogP contribution in [-0.2, 0) is 11.3 Å². The van der Waals surface area contributed by atoms with Crippen LogP contribution in [0, 0.1) is 0 Å². The molecule has 5 nitrogen and oxygen atoms in total. The van der Waals surface area contributed by atoms with E-state index in [1.54, 1.807) is 24.3 Å². The Morgan fingerprint density at radius 1 is 1.08 bits per heavy atom. The largest absolute Gasteiger partial charge is 0.465 e. The van der Waals surface area contributed by atoms with Crippen LogP contribution < -0.4 is 10.6 Å². The van der Waals surface area contributed by atoms with Gasteiger partial charge in [-0.1, -0.05) is 36.8 Å². The summed E-state index contributed by atoms with van der Waals surface area (Å²) >= 11 is 0. The Balaban J connectivity index is 1.56. The Morgan fingerprint density at radius 2 is 1.80 bits per heavy atom. The summed E-state index contributed by atoms with van der Waals surface area (Å²) < 4.78 is 4.67. The molecule has 1 saturated carbocycles. The minimum Gasteiger partial charge on any atom is -0.465 e. The van der Waals surface area contributed by atoms with Crippen molar-refractivity contribution >= 4 is 17.7 Å². The molecule has 2 aromatic carbocycles. The fourth-order valence-electron chi connectivity index (χ4n) is 2.91. The number of urea groups is 1. The molecule has 0 heterocycles. The number of nitrogens with one attached hydrogen (secondary N) is 2. The van der Waals surface area contributed by atoms with E-state index in [1.165, 1.54) is 31.9 Å². The lowest BCUT2D eigenvalue weighted by atomic mass is 9.79. The number of carbonyl (C=O) groups excluding carboxylic acids is 2. The van der Waals surface area contributed by atoms with Gasteiger partial charge in [0, 0.05) is 12.2 Å². The molecule has 0 unspecified atom stereocenters. The molecule has 130 valence electrons. The maximum Gasteiger partial charge on any atom is 0.337 e. The number of para-hydroxylation sites is 1. The number of carbonyl (C=O) groups is 2. The van der Waals surface area contributed by atoms with Crippen molar-refractivity contribution in [3.8, 4) is 0 Å². The van der Waals surface area contributed by atoms with Crippen LogP contribution >= 0.6 is 0 Å². The van der Waals surface area contributed by atoms with Gasteiger partial charge in [0.1, 0.15) is 0 Å². The number of rotatable bonds is 5. The van der Waals surface area contributed by atoms with E-state index in [-0.39, 0.29) is 12.0 Å². The summed E-state index contributed by atoms with van der Waals surface area (Å²) in [5.41, 5.74) is 3.50. The van der Waals surface area contributed by atoms with Crippen LogP contribution in [0.1, 0.15) is 46.7 Å². The highest BCUT2D eigenvalue weighted by Crippen LogP contribution is 2.39. The van der Waals surface area contributed by atoms with E-state index in [4.69, 9.17) is 0 Å². The maximum absolute atomic E-state index is 12.2. The number of methoxy groups -OCH3 is 1. The number of hydrogen-bond donors (Lipinski definition) is 2. The molecule has 1 aliphatic rings. The summed E-state index contributed by atoms with van der Waals surface area (Å²) in [5.74, 6) is 0.187. The summed E-state index contributed by atoms with van der Waals surface area (Å²) in [6.45, 7) is 0.388. The van der Waals surface area contributed by atoms with Crippen LogP contribution in [0.2, 0.25) is 0 Å². The number of benzene rings is 2. The van der Waals surface area contributed by atoms with Gasteiger partial charge in [0.05, 0.1) is 12.7 Å². The van der Waals surface area contributed by atoms with Crippen LogP contribution in [0.5, 0.6) is 0 Å². The maximum atomic E-state index is 12.2. The first-order chi connectivity index (χ1) is 12.2. The molecule has 2 aromatic rings. The van der Waals surface area contributed by atoms with Crippen molar-refractivity contribution in [2.45, 2.75) is 31.7 Å².